The summed E-state index contributed by atoms with van der Waals surface area (Å²) < 4.78 is 21.9. The molecule has 8 heteroatoms. The van der Waals surface area contributed by atoms with Crippen molar-refractivity contribution in [3.63, 3.8) is 0 Å². The molecule has 0 spiro atoms. The predicted molar refractivity (Wildman–Crippen MR) is 140 cm³/mol. The highest BCUT2D eigenvalue weighted by atomic mass is 16.6. The third-order valence-corrected chi connectivity index (χ3v) is 5.76. The van der Waals surface area contributed by atoms with E-state index in [1.807, 2.05) is 30.3 Å². The van der Waals surface area contributed by atoms with E-state index in [4.69, 9.17) is 18.6 Å². The van der Waals surface area contributed by atoms with Crippen molar-refractivity contribution < 1.29 is 28.2 Å². The molecular weight excluding hydrogens is 474 g/mol. The molecule has 0 aliphatic carbocycles. The number of hydrogen-bond acceptors (Lipinski definition) is 7. The van der Waals surface area contributed by atoms with E-state index in [2.05, 4.69) is 5.32 Å². The number of carbonyl (C=O) groups is 2. The Kier molecular flexibility index (Phi) is 7.20. The van der Waals surface area contributed by atoms with Crippen LogP contribution in [0.3, 0.4) is 0 Å². The first-order valence-electron chi connectivity index (χ1n) is 11.8. The molecular formula is C29H29NO7. The van der Waals surface area contributed by atoms with Gasteiger partial charge in [-0.1, -0.05) is 30.3 Å². The smallest absolute Gasteiger partial charge is 0.408 e. The van der Waals surface area contributed by atoms with E-state index in [0.717, 1.165) is 5.56 Å². The van der Waals surface area contributed by atoms with E-state index in [0.29, 0.717) is 33.1 Å². The van der Waals surface area contributed by atoms with Crippen LogP contribution in [0.15, 0.2) is 69.9 Å². The van der Waals surface area contributed by atoms with Crippen LogP contribution < -0.4 is 20.4 Å². The van der Waals surface area contributed by atoms with Crippen LogP contribution in [0.25, 0.3) is 21.7 Å². The van der Waals surface area contributed by atoms with Gasteiger partial charge in [0.15, 0.2) is 0 Å². The second-order valence-electron chi connectivity index (χ2n) is 9.68. The maximum Gasteiger partial charge on any atom is 0.408 e. The molecule has 0 bridgehead atoms. The lowest BCUT2D eigenvalue weighted by Crippen LogP contribution is -2.46. The maximum absolute atomic E-state index is 13.3. The van der Waals surface area contributed by atoms with Gasteiger partial charge in [-0.25, -0.2) is 14.4 Å². The van der Waals surface area contributed by atoms with Gasteiger partial charge in [0.05, 0.1) is 12.5 Å². The zero-order valence-electron chi connectivity index (χ0n) is 21.4. The number of rotatable bonds is 6. The number of hydrogen-bond donors (Lipinski definition) is 1. The summed E-state index contributed by atoms with van der Waals surface area (Å²) >= 11 is 0. The molecule has 0 unspecified atom stereocenters. The molecule has 1 heterocycles. The number of alkyl carbamates (subject to hydrolysis) is 1. The van der Waals surface area contributed by atoms with Crippen LogP contribution in [0.2, 0.25) is 0 Å². The van der Waals surface area contributed by atoms with Crippen molar-refractivity contribution in [1.82, 2.24) is 5.32 Å². The topological polar surface area (TPSA) is 104 Å². The standard InChI is InChI=1S/C29H29NO7/c1-17-24(14-13-21-20-12-11-19(34-5)16-22(20)26(31)36-25(17)21)35-27(32)23(15-18-9-7-6-8-10-18)30-28(33)37-29(2,3)4/h6-14,16,23H,15H2,1-5H3,(H,30,33)/t23-/m1/s1. The molecule has 1 N–H and O–H groups in total. The Bertz CT molecular complexity index is 1520. The number of esters is 1. The molecule has 0 radical (unpaired) electrons. The first kappa shape index (κ1) is 25.8. The number of carbonyl (C=O) groups excluding carboxylic acids is 2. The number of amides is 1. The van der Waals surface area contributed by atoms with Crippen LogP contribution in [-0.4, -0.2) is 30.8 Å². The highest BCUT2D eigenvalue weighted by Crippen LogP contribution is 2.32. The molecule has 0 saturated carbocycles. The van der Waals surface area contributed by atoms with Crippen LogP contribution in [0.4, 0.5) is 4.79 Å². The number of nitrogens with one attached hydrogen (secondary N) is 1. The summed E-state index contributed by atoms with van der Waals surface area (Å²) in [7, 11) is 1.53. The normalized spacial score (nSPS) is 12.2. The Morgan fingerprint density at radius 3 is 2.35 bits per heavy atom. The van der Waals surface area contributed by atoms with Gasteiger partial charge < -0.3 is 23.9 Å². The number of fused-ring (bicyclic) bond motifs is 3. The van der Waals surface area contributed by atoms with Crippen molar-refractivity contribution in [2.24, 2.45) is 0 Å². The molecule has 192 valence electrons. The van der Waals surface area contributed by atoms with Crippen LogP contribution in [0.1, 0.15) is 31.9 Å². The first-order chi connectivity index (χ1) is 17.6. The molecule has 1 amide bonds. The number of methoxy groups -OCH3 is 1. The van der Waals surface area contributed by atoms with Gasteiger partial charge in [-0.15, -0.1) is 0 Å². The third kappa shape index (κ3) is 5.91. The van der Waals surface area contributed by atoms with E-state index in [1.165, 1.54) is 7.11 Å². The second-order valence-corrected chi connectivity index (χ2v) is 9.68. The summed E-state index contributed by atoms with van der Waals surface area (Å²) in [5, 5.41) is 4.40. The molecule has 0 saturated heterocycles. The average molecular weight is 504 g/mol. The lowest BCUT2D eigenvalue weighted by molar-refractivity contribution is -0.136. The molecule has 0 fully saturated rings. The van der Waals surface area contributed by atoms with Gasteiger partial charge in [0.1, 0.15) is 28.7 Å². The summed E-state index contributed by atoms with van der Waals surface area (Å²) in [6.07, 6.45) is -0.527. The molecule has 0 aliphatic heterocycles. The Labute approximate surface area is 214 Å². The highest BCUT2D eigenvalue weighted by molar-refractivity contribution is 6.06. The predicted octanol–water partition coefficient (Wildman–Crippen LogP) is 5.30. The zero-order valence-corrected chi connectivity index (χ0v) is 21.4. The Hall–Kier alpha value is -4.33. The molecule has 37 heavy (non-hydrogen) atoms. The Morgan fingerprint density at radius 2 is 1.68 bits per heavy atom. The van der Waals surface area contributed by atoms with E-state index in [-0.39, 0.29) is 12.2 Å². The lowest BCUT2D eigenvalue weighted by atomic mass is 10.0. The van der Waals surface area contributed by atoms with Crippen LogP contribution in [0, 0.1) is 6.92 Å². The Morgan fingerprint density at radius 1 is 0.973 bits per heavy atom. The van der Waals surface area contributed by atoms with Crippen LogP contribution in [0.5, 0.6) is 11.5 Å². The van der Waals surface area contributed by atoms with Gasteiger partial charge in [0.2, 0.25) is 0 Å². The van der Waals surface area contributed by atoms with Crippen molar-refractivity contribution in [1.29, 1.82) is 0 Å². The number of benzene rings is 3. The van der Waals surface area contributed by atoms with E-state index in [9.17, 15) is 14.4 Å². The minimum Gasteiger partial charge on any atom is -0.497 e. The van der Waals surface area contributed by atoms with Crippen LogP contribution >= 0.6 is 0 Å². The van der Waals surface area contributed by atoms with Crippen molar-refractivity contribution >= 4 is 33.8 Å². The van der Waals surface area contributed by atoms with Crippen molar-refractivity contribution in [2.45, 2.75) is 45.8 Å². The molecule has 0 aliphatic rings. The largest absolute Gasteiger partial charge is 0.497 e. The van der Waals surface area contributed by atoms with Gasteiger partial charge in [-0.3, -0.25) is 0 Å². The minimum atomic E-state index is -1.01. The van der Waals surface area contributed by atoms with Gasteiger partial charge in [-0.2, -0.15) is 0 Å². The SMILES string of the molecule is COc1ccc2c(c1)c(=O)oc1c(C)c(OC(=O)[C@@H](Cc3ccccc3)NC(=O)OC(C)(C)C)ccc12. The first-order valence-corrected chi connectivity index (χ1v) is 11.8. The maximum atomic E-state index is 13.3. The van der Waals surface area contributed by atoms with Crippen LogP contribution in [-0.2, 0) is 16.0 Å². The molecule has 3 aromatic carbocycles. The zero-order chi connectivity index (χ0) is 26.7. The molecule has 1 atom stereocenters. The van der Waals surface area contributed by atoms with Crippen molar-refractivity contribution in [2.75, 3.05) is 7.11 Å². The van der Waals surface area contributed by atoms with Gasteiger partial charge in [0.25, 0.3) is 0 Å². The summed E-state index contributed by atoms with van der Waals surface area (Å²) in [6, 6.07) is 16.8. The summed E-state index contributed by atoms with van der Waals surface area (Å²) in [4.78, 5) is 38.4. The second kappa shape index (κ2) is 10.3. The molecule has 1 aromatic heterocycles. The quantitative estimate of drug-likeness (QED) is 0.165. The summed E-state index contributed by atoms with van der Waals surface area (Å²) in [5.41, 5.74) is 0.374. The fraction of sp³-hybridized carbons (Fsp3) is 0.276. The monoisotopic (exact) mass is 503 g/mol. The molecule has 8 nitrogen and oxygen atoms in total. The summed E-state index contributed by atoms with van der Waals surface area (Å²) in [5.74, 6) is 0.0889. The van der Waals surface area contributed by atoms with E-state index < -0.39 is 29.3 Å². The molecule has 4 rings (SSSR count). The molecule has 4 aromatic rings. The number of aryl methyl sites for hydroxylation is 1. The third-order valence-electron chi connectivity index (χ3n) is 5.76. The Balaban J connectivity index is 1.66. The fourth-order valence-electron chi connectivity index (χ4n) is 4.00. The lowest BCUT2D eigenvalue weighted by Gasteiger charge is -2.23. The van der Waals surface area contributed by atoms with Crippen molar-refractivity contribution in [3.05, 3.63) is 82.2 Å². The van der Waals surface area contributed by atoms with Crippen molar-refractivity contribution in [3.8, 4) is 11.5 Å². The highest BCUT2D eigenvalue weighted by Gasteiger charge is 2.27. The van der Waals surface area contributed by atoms with E-state index in [1.54, 1.807) is 58.0 Å². The average Bonchev–Trinajstić information content (AvgIpc) is 2.85. The van der Waals surface area contributed by atoms with Gasteiger partial charge in [0, 0.05) is 22.8 Å². The van der Waals surface area contributed by atoms with E-state index >= 15 is 0 Å². The number of ether oxygens (including phenoxy) is 3. The minimum absolute atomic E-state index is 0.201. The summed E-state index contributed by atoms with van der Waals surface area (Å²) in [6.45, 7) is 6.92. The fourth-order valence-corrected chi connectivity index (χ4v) is 4.00. The van der Waals surface area contributed by atoms with Gasteiger partial charge >= 0.3 is 17.7 Å². The van der Waals surface area contributed by atoms with Gasteiger partial charge in [-0.05, 0) is 63.6 Å².